The summed E-state index contributed by atoms with van der Waals surface area (Å²) in [6, 6.07) is 5.41. The lowest BCUT2D eigenvalue weighted by Crippen LogP contribution is -2.15. The Morgan fingerprint density at radius 1 is 1.50 bits per heavy atom. The number of hydrogen-bond donors (Lipinski definition) is 0. The number of aromatic nitrogens is 2. The highest BCUT2D eigenvalue weighted by Gasteiger charge is 2.01. The van der Waals surface area contributed by atoms with Crippen LogP contribution >= 0.6 is 0 Å². The molecule has 2 rings (SSSR count). The summed E-state index contributed by atoms with van der Waals surface area (Å²) in [5.74, 6) is 0. The van der Waals surface area contributed by atoms with E-state index in [1.54, 1.807) is 16.7 Å². The molecular weight excluding hydrogens is 176 g/mol. The number of fused-ring (bicyclic) bond motifs is 1. The van der Waals surface area contributed by atoms with Crippen molar-refractivity contribution in [2.24, 2.45) is 0 Å². The van der Waals surface area contributed by atoms with Crippen molar-refractivity contribution in [1.82, 2.24) is 9.38 Å². The lowest BCUT2D eigenvalue weighted by Gasteiger charge is -2.03. The maximum absolute atomic E-state index is 11.6. The molecule has 0 saturated carbocycles. The first-order valence-electron chi connectivity index (χ1n) is 4.70. The Bertz CT molecular complexity index is 528. The van der Waals surface area contributed by atoms with Gasteiger partial charge in [-0.05, 0) is 25.0 Å². The van der Waals surface area contributed by atoms with E-state index in [0.29, 0.717) is 0 Å². The number of pyridine rings is 1. The van der Waals surface area contributed by atoms with E-state index in [9.17, 15) is 4.79 Å². The minimum atomic E-state index is -0.00412. The molecule has 0 aliphatic heterocycles. The lowest BCUT2D eigenvalue weighted by molar-refractivity contribution is 0.958. The highest BCUT2D eigenvalue weighted by Crippen LogP contribution is 2.05. The van der Waals surface area contributed by atoms with Gasteiger partial charge in [0.1, 0.15) is 5.65 Å². The average molecular weight is 188 g/mol. The molecular formula is C11H12N2O. The number of rotatable bonds is 1. The summed E-state index contributed by atoms with van der Waals surface area (Å²) in [5.41, 5.74) is 2.64. The Labute approximate surface area is 82.0 Å². The van der Waals surface area contributed by atoms with E-state index < -0.39 is 0 Å². The van der Waals surface area contributed by atoms with Crippen molar-refractivity contribution in [3.63, 3.8) is 0 Å². The topological polar surface area (TPSA) is 34.4 Å². The number of nitrogens with zero attached hydrogens (tertiary/aromatic N) is 2. The molecule has 0 fully saturated rings. The van der Waals surface area contributed by atoms with Crippen LogP contribution in [0.1, 0.15) is 18.2 Å². The van der Waals surface area contributed by atoms with E-state index in [0.717, 1.165) is 23.3 Å². The van der Waals surface area contributed by atoms with E-state index in [1.807, 2.05) is 26.0 Å². The minimum Gasteiger partial charge on any atom is -0.269 e. The fourth-order valence-corrected chi connectivity index (χ4v) is 1.49. The van der Waals surface area contributed by atoms with Gasteiger partial charge in [-0.3, -0.25) is 9.20 Å². The maximum atomic E-state index is 11.6. The van der Waals surface area contributed by atoms with Crippen LogP contribution in [0.15, 0.2) is 29.2 Å². The average Bonchev–Trinajstić information content (AvgIpc) is 2.19. The molecule has 0 aliphatic rings. The molecule has 0 saturated heterocycles. The van der Waals surface area contributed by atoms with Gasteiger partial charge in [0.25, 0.3) is 5.56 Å². The van der Waals surface area contributed by atoms with Gasteiger partial charge in [-0.15, -0.1) is 0 Å². The van der Waals surface area contributed by atoms with Crippen LogP contribution in [0.3, 0.4) is 0 Å². The smallest absolute Gasteiger partial charge is 0.258 e. The molecule has 2 aromatic rings. The predicted molar refractivity (Wildman–Crippen MR) is 55.6 cm³/mol. The standard InChI is InChI=1S/C11H12N2O/c1-3-9-7-10(14)13-6-4-5-8(2)11(13)12-9/h4-7H,3H2,1-2H3. The van der Waals surface area contributed by atoms with Gasteiger partial charge in [0.2, 0.25) is 0 Å². The molecule has 0 unspecified atom stereocenters. The zero-order valence-corrected chi connectivity index (χ0v) is 8.32. The van der Waals surface area contributed by atoms with Gasteiger partial charge in [-0.25, -0.2) is 4.98 Å². The summed E-state index contributed by atoms with van der Waals surface area (Å²) in [4.78, 5) is 16.1. The van der Waals surface area contributed by atoms with E-state index in [4.69, 9.17) is 0 Å². The van der Waals surface area contributed by atoms with Crippen molar-refractivity contribution in [2.45, 2.75) is 20.3 Å². The molecule has 3 heteroatoms. The first kappa shape index (κ1) is 8.94. The Morgan fingerprint density at radius 3 is 3.00 bits per heavy atom. The Balaban J connectivity index is 2.91. The van der Waals surface area contributed by atoms with Crippen LogP contribution < -0.4 is 5.56 Å². The van der Waals surface area contributed by atoms with E-state index >= 15 is 0 Å². The fourth-order valence-electron chi connectivity index (χ4n) is 1.49. The second-order valence-electron chi connectivity index (χ2n) is 3.32. The summed E-state index contributed by atoms with van der Waals surface area (Å²) in [6.07, 6.45) is 2.54. The molecule has 0 atom stereocenters. The predicted octanol–water partition coefficient (Wildman–Crippen LogP) is 1.57. The number of hydrogen-bond acceptors (Lipinski definition) is 2. The Hall–Kier alpha value is -1.64. The van der Waals surface area contributed by atoms with Crippen molar-refractivity contribution >= 4 is 5.65 Å². The van der Waals surface area contributed by atoms with Gasteiger partial charge in [-0.1, -0.05) is 13.0 Å². The molecule has 2 heterocycles. The van der Waals surface area contributed by atoms with Gasteiger partial charge in [0, 0.05) is 18.0 Å². The molecule has 3 nitrogen and oxygen atoms in total. The maximum Gasteiger partial charge on any atom is 0.258 e. The molecule has 0 bridgehead atoms. The zero-order chi connectivity index (χ0) is 10.1. The van der Waals surface area contributed by atoms with Crippen molar-refractivity contribution in [1.29, 1.82) is 0 Å². The Morgan fingerprint density at radius 2 is 2.29 bits per heavy atom. The fraction of sp³-hybridized carbons (Fsp3) is 0.273. The summed E-state index contributed by atoms with van der Waals surface area (Å²) in [5, 5.41) is 0. The minimum absolute atomic E-state index is 0.00412. The van der Waals surface area contributed by atoms with Gasteiger partial charge in [0.15, 0.2) is 0 Å². The van der Waals surface area contributed by atoms with Crippen molar-refractivity contribution < 1.29 is 0 Å². The third-order valence-electron chi connectivity index (χ3n) is 2.30. The molecule has 0 amide bonds. The quantitative estimate of drug-likeness (QED) is 0.680. The van der Waals surface area contributed by atoms with E-state index in [2.05, 4.69) is 4.98 Å². The van der Waals surface area contributed by atoms with Crippen LogP contribution in [0.2, 0.25) is 0 Å². The van der Waals surface area contributed by atoms with Gasteiger partial charge in [0.05, 0.1) is 0 Å². The SMILES string of the molecule is CCc1cc(=O)n2cccc(C)c2n1. The van der Waals surface area contributed by atoms with Crippen LogP contribution in [0, 0.1) is 6.92 Å². The molecule has 0 aromatic carbocycles. The second kappa shape index (κ2) is 3.25. The summed E-state index contributed by atoms with van der Waals surface area (Å²) >= 11 is 0. The van der Waals surface area contributed by atoms with Gasteiger partial charge < -0.3 is 0 Å². The summed E-state index contributed by atoms with van der Waals surface area (Å²) in [7, 11) is 0. The van der Waals surface area contributed by atoms with Gasteiger partial charge >= 0.3 is 0 Å². The molecule has 2 aromatic heterocycles. The van der Waals surface area contributed by atoms with Crippen LogP contribution in [-0.2, 0) is 6.42 Å². The third kappa shape index (κ3) is 1.31. The van der Waals surface area contributed by atoms with E-state index in [-0.39, 0.29) is 5.56 Å². The highest BCUT2D eigenvalue weighted by molar-refractivity contribution is 5.46. The molecule has 14 heavy (non-hydrogen) atoms. The molecule has 0 spiro atoms. The Kier molecular flexibility index (Phi) is 2.08. The molecule has 0 radical (unpaired) electrons. The van der Waals surface area contributed by atoms with Crippen LogP contribution in [-0.4, -0.2) is 9.38 Å². The highest BCUT2D eigenvalue weighted by atomic mass is 16.1. The monoisotopic (exact) mass is 188 g/mol. The summed E-state index contributed by atoms with van der Waals surface area (Å²) in [6.45, 7) is 3.96. The van der Waals surface area contributed by atoms with Crippen molar-refractivity contribution in [3.8, 4) is 0 Å². The van der Waals surface area contributed by atoms with Gasteiger partial charge in [-0.2, -0.15) is 0 Å². The zero-order valence-electron chi connectivity index (χ0n) is 8.32. The second-order valence-corrected chi connectivity index (χ2v) is 3.32. The molecule has 0 N–H and O–H groups in total. The van der Waals surface area contributed by atoms with Crippen LogP contribution in [0.25, 0.3) is 5.65 Å². The normalized spacial score (nSPS) is 10.7. The summed E-state index contributed by atoms with van der Waals surface area (Å²) < 4.78 is 1.58. The largest absolute Gasteiger partial charge is 0.269 e. The van der Waals surface area contributed by atoms with Crippen LogP contribution in [0.4, 0.5) is 0 Å². The van der Waals surface area contributed by atoms with E-state index in [1.165, 1.54) is 0 Å². The molecule has 0 aliphatic carbocycles. The number of aryl methyl sites for hydroxylation is 2. The third-order valence-corrected chi connectivity index (χ3v) is 2.30. The first-order valence-corrected chi connectivity index (χ1v) is 4.70. The first-order chi connectivity index (χ1) is 6.72. The van der Waals surface area contributed by atoms with Crippen LogP contribution in [0.5, 0.6) is 0 Å². The molecule has 72 valence electrons. The van der Waals surface area contributed by atoms with Crippen molar-refractivity contribution in [3.05, 3.63) is 46.0 Å². The lowest BCUT2D eigenvalue weighted by atomic mass is 10.2. The van der Waals surface area contributed by atoms with Crippen molar-refractivity contribution in [2.75, 3.05) is 0 Å².